The van der Waals surface area contributed by atoms with Crippen molar-refractivity contribution in [3.8, 4) is 0 Å². The van der Waals surface area contributed by atoms with E-state index in [1.54, 1.807) is 30.3 Å². The lowest BCUT2D eigenvalue weighted by Crippen LogP contribution is -2.23. The van der Waals surface area contributed by atoms with Crippen molar-refractivity contribution in [3.63, 3.8) is 0 Å². The minimum absolute atomic E-state index is 0.0570. The number of nitrogens with one attached hydrogen (secondary N) is 2. The third-order valence-corrected chi connectivity index (χ3v) is 5.85. The Labute approximate surface area is 179 Å². The molecule has 4 nitrogen and oxygen atoms in total. The third-order valence-electron chi connectivity index (χ3n) is 5.85. The van der Waals surface area contributed by atoms with Crippen molar-refractivity contribution in [1.82, 2.24) is 0 Å². The van der Waals surface area contributed by atoms with Crippen LogP contribution in [0.5, 0.6) is 0 Å². The summed E-state index contributed by atoms with van der Waals surface area (Å²) in [5.41, 5.74) is 5.12. The summed E-state index contributed by atoms with van der Waals surface area (Å²) in [5.74, 6) is -0.286. The molecule has 0 amide bonds. The topological polar surface area (TPSA) is 58.2 Å². The fraction of sp³-hybridized carbons (Fsp3) is 0.154. The van der Waals surface area contributed by atoms with Crippen molar-refractivity contribution in [2.24, 2.45) is 0 Å². The first-order valence-electron chi connectivity index (χ1n) is 10.4. The third kappa shape index (κ3) is 3.63. The van der Waals surface area contributed by atoms with E-state index in [9.17, 15) is 14.0 Å². The van der Waals surface area contributed by atoms with Crippen molar-refractivity contribution in [2.75, 3.05) is 10.6 Å². The van der Waals surface area contributed by atoms with Gasteiger partial charge in [-0.2, -0.15) is 0 Å². The highest BCUT2D eigenvalue weighted by molar-refractivity contribution is 6.10. The fourth-order valence-electron chi connectivity index (χ4n) is 4.29. The number of benzene rings is 3. The Balaban J connectivity index is 1.58. The van der Waals surface area contributed by atoms with Gasteiger partial charge >= 0.3 is 0 Å². The smallest absolute Gasteiger partial charge is 0.193 e. The Bertz CT molecular complexity index is 1200. The molecule has 3 aromatic carbocycles. The van der Waals surface area contributed by atoms with Gasteiger partial charge in [0.1, 0.15) is 5.82 Å². The van der Waals surface area contributed by atoms with Crippen molar-refractivity contribution in [3.05, 3.63) is 107 Å². The zero-order valence-electron chi connectivity index (χ0n) is 16.8. The van der Waals surface area contributed by atoms with Gasteiger partial charge in [-0.1, -0.05) is 42.5 Å². The largest absolute Gasteiger partial charge is 0.372 e. The van der Waals surface area contributed by atoms with Gasteiger partial charge in [0.05, 0.1) is 17.4 Å². The maximum Gasteiger partial charge on any atom is 0.193 e. The second kappa shape index (κ2) is 7.84. The van der Waals surface area contributed by atoms with Crippen LogP contribution in [0.4, 0.5) is 15.8 Å². The van der Waals surface area contributed by atoms with Crippen LogP contribution in [-0.2, 0) is 4.79 Å². The van der Waals surface area contributed by atoms with Gasteiger partial charge in [0.25, 0.3) is 0 Å². The number of carbonyl (C=O) groups is 2. The minimum Gasteiger partial charge on any atom is -0.372 e. The number of Topliss-reactive ketones (excluding diaryl/α,β-unsaturated/α-hetero) is 1. The molecular formula is C26H21FN2O2. The molecular weight excluding hydrogens is 391 g/mol. The highest BCUT2D eigenvalue weighted by Crippen LogP contribution is 2.41. The van der Waals surface area contributed by atoms with Crippen LogP contribution < -0.4 is 10.6 Å². The van der Waals surface area contributed by atoms with Gasteiger partial charge in [0, 0.05) is 28.8 Å². The summed E-state index contributed by atoms with van der Waals surface area (Å²) in [6.45, 7) is 0. The number of ketones is 2. The number of hydrogen-bond donors (Lipinski definition) is 2. The highest BCUT2D eigenvalue weighted by Gasteiger charge is 2.32. The van der Waals surface area contributed by atoms with Crippen LogP contribution in [0.25, 0.3) is 0 Å². The van der Waals surface area contributed by atoms with Gasteiger partial charge < -0.3 is 10.6 Å². The first-order chi connectivity index (χ1) is 15.1. The summed E-state index contributed by atoms with van der Waals surface area (Å²) >= 11 is 0. The van der Waals surface area contributed by atoms with Gasteiger partial charge in [-0.15, -0.1) is 0 Å². The molecule has 0 unspecified atom stereocenters. The van der Waals surface area contributed by atoms with Gasteiger partial charge in [0.2, 0.25) is 0 Å². The number of halogens is 1. The van der Waals surface area contributed by atoms with Crippen molar-refractivity contribution < 1.29 is 14.0 Å². The summed E-state index contributed by atoms with van der Waals surface area (Å²) < 4.78 is 13.5. The van der Waals surface area contributed by atoms with Crippen molar-refractivity contribution in [2.45, 2.75) is 25.3 Å². The molecule has 1 heterocycles. The molecule has 0 spiro atoms. The lowest BCUT2D eigenvalue weighted by atomic mass is 9.87. The van der Waals surface area contributed by atoms with E-state index in [-0.39, 0.29) is 23.4 Å². The van der Waals surface area contributed by atoms with Crippen LogP contribution >= 0.6 is 0 Å². The molecule has 154 valence electrons. The normalized spacial score (nSPS) is 17.7. The predicted octanol–water partition coefficient (Wildman–Crippen LogP) is 5.64. The first kappa shape index (κ1) is 19.2. The molecule has 5 rings (SSSR count). The SMILES string of the molecule is O=C1CCCC2=C1[C@@H](c1ccc(F)cc1)Nc1ccc(C(=O)c3ccccc3)cc1N2. The second-order valence-electron chi connectivity index (χ2n) is 7.88. The van der Waals surface area contributed by atoms with Crippen LogP contribution in [0, 0.1) is 5.82 Å². The van der Waals surface area contributed by atoms with Gasteiger partial charge in [-0.3, -0.25) is 9.59 Å². The molecule has 1 aliphatic heterocycles. The molecule has 0 bridgehead atoms. The Kier molecular flexibility index (Phi) is 4.86. The van der Waals surface area contributed by atoms with Crippen LogP contribution in [0.1, 0.15) is 46.8 Å². The minimum atomic E-state index is -0.382. The van der Waals surface area contributed by atoms with Crippen LogP contribution in [-0.4, -0.2) is 11.6 Å². The summed E-state index contributed by atoms with van der Waals surface area (Å²) in [4.78, 5) is 25.8. The van der Waals surface area contributed by atoms with E-state index < -0.39 is 0 Å². The summed E-state index contributed by atoms with van der Waals surface area (Å²) in [5, 5.41) is 6.88. The number of allylic oxidation sites excluding steroid dienone is 1. The average Bonchev–Trinajstić information content (AvgIpc) is 2.96. The Hall–Kier alpha value is -3.73. The molecule has 2 aliphatic rings. The molecule has 0 saturated heterocycles. The van der Waals surface area contributed by atoms with Gasteiger partial charge in [0.15, 0.2) is 11.6 Å². The zero-order valence-corrected chi connectivity index (χ0v) is 16.8. The molecule has 0 radical (unpaired) electrons. The molecule has 0 fully saturated rings. The number of fused-ring (bicyclic) bond motifs is 1. The molecule has 0 saturated carbocycles. The molecule has 1 aliphatic carbocycles. The number of anilines is 2. The molecule has 5 heteroatoms. The second-order valence-corrected chi connectivity index (χ2v) is 7.88. The zero-order chi connectivity index (χ0) is 21.4. The Morgan fingerprint density at radius 2 is 1.65 bits per heavy atom. The van der Waals surface area contributed by atoms with E-state index in [1.165, 1.54) is 12.1 Å². The standard InChI is InChI=1S/C26H21FN2O2/c27-19-12-9-16(10-13-19)25-24-21(7-4-8-23(24)30)28-22-15-18(11-14-20(22)29-25)26(31)17-5-2-1-3-6-17/h1-3,5-6,9-15,25,28-29H,4,7-8H2/t25-/m1/s1. The maximum absolute atomic E-state index is 13.5. The predicted molar refractivity (Wildman–Crippen MR) is 119 cm³/mol. The van der Waals surface area contributed by atoms with Crippen LogP contribution in [0.15, 0.2) is 84.1 Å². The van der Waals surface area contributed by atoms with Crippen LogP contribution in [0.3, 0.4) is 0 Å². The van der Waals surface area contributed by atoms with Crippen LogP contribution in [0.2, 0.25) is 0 Å². The van der Waals surface area contributed by atoms with E-state index in [1.807, 2.05) is 30.3 Å². The van der Waals surface area contributed by atoms with E-state index in [4.69, 9.17) is 0 Å². The summed E-state index contributed by atoms with van der Waals surface area (Å²) in [7, 11) is 0. The maximum atomic E-state index is 13.5. The first-order valence-corrected chi connectivity index (χ1v) is 10.4. The quantitative estimate of drug-likeness (QED) is 0.547. The molecule has 2 N–H and O–H groups in total. The molecule has 1 atom stereocenters. The molecule has 31 heavy (non-hydrogen) atoms. The Morgan fingerprint density at radius 3 is 2.42 bits per heavy atom. The van der Waals surface area contributed by atoms with E-state index in [0.29, 0.717) is 23.1 Å². The van der Waals surface area contributed by atoms with Crippen molar-refractivity contribution in [1.29, 1.82) is 0 Å². The molecule has 3 aromatic rings. The highest BCUT2D eigenvalue weighted by atomic mass is 19.1. The van der Waals surface area contributed by atoms with Gasteiger partial charge in [-0.25, -0.2) is 4.39 Å². The summed E-state index contributed by atoms with van der Waals surface area (Å²) in [6.07, 6.45) is 2.02. The van der Waals surface area contributed by atoms with E-state index >= 15 is 0 Å². The summed E-state index contributed by atoms with van der Waals surface area (Å²) in [6, 6.07) is 20.5. The molecule has 0 aromatic heterocycles. The average molecular weight is 412 g/mol. The number of rotatable bonds is 3. The fourth-order valence-corrected chi connectivity index (χ4v) is 4.29. The lowest BCUT2D eigenvalue weighted by molar-refractivity contribution is -0.116. The van der Waals surface area contributed by atoms with Crippen molar-refractivity contribution >= 4 is 22.9 Å². The Morgan fingerprint density at radius 1 is 0.871 bits per heavy atom. The van der Waals surface area contributed by atoms with E-state index in [0.717, 1.165) is 35.5 Å². The lowest BCUT2D eigenvalue weighted by Gasteiger charge is -2.25. The van der Waals surface area contributed by atoms with Gasteiger partial charge in [-0.05, 0) is 48.7 Å². The van der Waals surface area contributed by atoms with E-state index in [2.05, 4.69) is 10.6 Å². The number of hydrogen-bond acceptors (Lipinski definition) is 4. The monoisotopic (exact) mass is 412 g/mol. The number of carbonyl (C=O) groups excluding carboxylic acids is 2.